The van der Waals surface area contributed by atoms with Crippen LogP contribution in [0, 0.1) is 5.82 Å². The minimum absolute atomic E-state index is 0.247. The summed E-state index contributed by atoms with van der Waals surface area (Å²) in [4.78, 5) is 4.26. The Labute approximate surface area is 90.2 Å². The zero-order valence-electron chi connectivity index (χ0n) is 7.21. The zero-order chi connectivity index (χ0) is 9.97. The van der Waals surface area contributed by atoms with Crippen molar-refractivity contribution in [3.05, 3.63) is 40.5 Å². The molecule has 0 spiro atoms. The minimum Gasteiger partial charge on any atom is -0.240 e. The molecule has 0 bridgehead atoms. The lowest BCUT2D eigenvalue weighted by molar-refractivity contribution is 0.628. The van der Waals surface area contributed by atoms with E-state index >= 15 is 0 Å². The van der Waals surface area contributed by atoms with Crippen LogP contribution >= 0.6 is 22.9 Å². The quantitative estimate of drug-likeness (QED) is 0.713. The monoisotopic (exact) mass is 227 g/mol. The van der Waals surface area contributed by atoms with Gasteiger partial charge in [0.05, 0.1) is 11.6 Å². The summed E-state index contributed by atoms with van der Waals surface area (Å²) < 4.78 is 12.9. The summed E-state index contributed by atoms with van der Waals surface area (Å²) in [6.07, 6.45) is 0. The Bertz CT molecular complexity index is 441. The molecule has 14 heavy (non-hydrogen) atoms. The lowest BCUT2D eigenvalue weighted by atomic mass is 10.2. The van der Waals surface area contributed by atoms with Crippen LogP contribution in [-0.2, 0) is 5.88 Å². The van der Waals surface area contributed by atoms with Crippen molar-refractivity contribution in [2.24, 2.45) is 0 Å². The lowest BCUT2D eigenvalue weighted by Crippen LogP contribution is -1.81. The molecule has 0 fully saturated rings. The van der Waals surface area contributed by atoms with Crippen molar-refractivity contribution in [3.8, 4) is 11.3 Å². The van der Waals surface area contributed by atoms with E-state index in [1.54, 1.807) is 6.07 Å². The van der Waals surface area contributed by atoms with E-state index in [2.05, 4.69) is 4.98 Å². The number of aromatic nitrogens is 1. The van der Waals surface area contributed by atoms with Crippen LogP contribution in [0.2, 0.25) is 0 Å². The first kappa shape index (κ1) is 9.62. The molecular weight excluding hydrogens is 221 g/mol. The minimum atomic E-state index is -0.247. The Morgan fingerprint density at radius 1 is 1.43 bits per heavy atom. The summed E-state index contributed by atoms with van der Waals surface area (Å²) in [5.74, 6) is 0.155. The molecule has 0 radical (unpaired) electrons. The molecule has 0 aliphatic heterocycles. The maximum Gasteiger partial charge on any atom is 0.123 e. The van der Waals surface area contributed by atoms with E-state index in [0.717, 1.165) is 16.3 Å². The van der Waals surface area contributed by atoms with Gasteiger partial charge >= 0.3 is 0 Å². The van der Waals surface area contributed by atoms with Crippen LogP contribution in [0.15, 0.2) is 29.6 Å². The molecule has 0 atom stereocenters. The molecule has 0 amide bonds. The maximum atomic E-state index is 12.9. The van der Waals surface area contributed by atoms with E-state index < -0.39 is 0 Å². The summed E-state index contributed by atoms with van der Waals surface area (Å²) in [6.45, 7) is 0. The van der Waals surface area contributed by atoms with Crippen LogP contribution < -0.4 is 0 Å². The molecule has 0 saturated carbocycles. The summed E-state index contributed by atoms with van der Waals surface area (Å²) in [5, 5.41) is 2.73. The highest BCUT2D eigenvalue weighted by atomic mass is 35.5. The van der Waals surface area contributed by atoms with E-state index in [1.807, 2.05) is 11.4 Å². The Hall–Kier alpha value is -0.930. The van der Waals surface area contributed by atoms with Gasteiger partial charge in [-0.05, 0) is 12.1 Å². The highest BCUT2D eigenvalue weighted by Gasteiger charge is 2.03. The first-order chi connectivity index (χ1) is 6.79. The summed E-state index contributed by atoms with van der Waals surface area (Å²) in [5.41, 5.74) is 1.57. The molecule has 1 heterocycles. The molecule has 72 valence electrons. The summed E-state index contributed by atoms with van der Waals surface area (Å²) >= 11 is 7.12. The number of halogens is 2. The average Bonchev–Trinajstić information content (AvgIpc) is 2.66. The molecule has 4 heteroatoms. The van der Waals surface area contributed by atoms with Crippen LogP contribution in [0.3, 0.4) is 0 Å². The standard InChI is InChI=1S/C10H7ClFNS/c11-5-10-13-9(6-14-10)7-2-1-3-8(12)4-7/h1-4,6H,5H2. The first-order valence-corrected chi connectivity index (χ1v) is 5.47. The summed E-state index contributed by atoms with van der Waals surface area (Å²) in [6, 6.07) is 6.38. The van der Waals surface area contributed by atoms with Gasteiger partial charge < -0.3 is 0 Å². The lowest BCUT2D eigenvalue weighted by Gasteiger charge is -1.95. The van der Waals surface area contributed by atoms with Gasteiger partial charge in [-0.2, -0.15) is 0 Å². The number of hydrogen-bond acceptors (Lipinski definition) is 2. The van der Waals surface area contributed by atoms with Gasteiger partial charge in [0.2, 0.25) is 0 Å². The Kier molecular flexibility index (Phi) is 2.79. The van der Waals surface area contributed by atoms with Gasteiger partial charge in [-0.25, -0.2) is 9.37 Å². The third kappa shape index (κ3) is 1.94. The van der Waals surface area contributed by atoms with Crippen LogP contribution in [-0.4, -0.2) is 4.98 Å². The van der Waals surface area contributed by atoms with E-state index in [4.69, 9.17) is 11.6 Å². The molecule has 2 aromatic rings. The second kappa shape index (κ2) is 4.07. The second-order valence-corrected chi connectivity index (χ2v) is 3.98. The van der Waals surface area contributed by atoms with Crippen molar-refractivity contribution in [2.75, 3.05) is 0 Å². The third-order valence-corrected chi connectivity index (χ3v) is 3.05. The van der Waals surface area contributed by atoms with E-state index in [-0.39, 0.29) is 5.82 Å². The molecule has 0 saturated heterocycles. The van der Waals surface area contributed by atoms with Crippen LogP contribution in [0.1, 0.15) is 5.01 Å². The molecule has 1 nitrogen and oxygen atoms in total. The molecule has 0 N–H and O–H groups in total. The largest absolute Gasteiger partial charge is 0.240 e. The van der Waals surface area contributed by atoms with Crippen molar-refractivity contribution in [1.29, 1.82) is 0 Å². The van der Waals surface area contributed by atoms with Gasteiger partial charge in [0.25, 0.3) is 0 Å². The fourth-order valence-electron chi connectivity index (χ4n) is 1.15. The van der Waals surface area contributed by atoms with E-state index in [0.29, 0.717) is 5.88 Å². The maximum absolute atomic E-state index is 12.9. The van der Waals surface area contributed by atoms with Crippen molar-refractivity contribution in [2.45, 2.75) is 5.88 Å². The molecular formula is C10H7ClFNS. The van der Waals surface area contributed by atoms with E-state index in [1.165, 1.54) is 23.5 Å². The molecule has 2 rings (SSSR count). The average molecular weight is 228 g/mol. The summed E-state index contributed by atoms with van der Waals surface area (Å²) in [7, 11) is 0. The van der Waals surface area contributed by atoms with Crippen molar-refractivity contribution < 1.29 is 4.39 Å². The first-order valence-electron chi connectivity index (χ1n) is 4.06. The number of thiazole rings is 1. The highest BCUT2D eigenvalue weighted by molar-refractivity contribution is 7.10. The SMILES string of the molecule is Fc1cccc(-c2csc(CCl)n2)c1. The fraction of sp³-hybridized carbons (Fsp3) is 0.100. The van der Waals surface area contributed by atoms with Gasteiger partial charge in [0.1, 0.15) is 10.8 Å². The number of alkyl halides is 1. The topological polar surface area (TPSA) is 12.9 Å². The molecule has 0 unspecified atom stereocenters. The number of nitrogens with zero attached hydrogens (tertiary/aromatic N) is 1. The predicted octanol–water partition coefficient (Wildman–Crippen LogP) is 3.69. The van der Waals surface area contributed by atoms with Crippen LogP contribution in [0.25, 0.3) is 11.3 Å². The van der Waals surface area contributed by atoms with Crippen molar-refractivity contribution in [3.63, 3.8) is 0 Å². The normalized spacial score (nSPS) is 10.4. The van der Waals surface area contributed by atoms with Crippen molar-refractivity contribution in [1.82, 2.24) is 4.98 Å². The smallest absolute Gasteiger partial charge is 0.123 e. The van der Waals surface area contributed by atoms with Gasteiger partial charge in [0, 0.05) is 10.9 Å². The van der Waals surface area contributed by atoms with Crippen LogP contribution in [0.4, 0.5) is 4.39 Å². The van der Waals surface area contributed by atoms with Gasteiger partial charge in [-0.1, -0.05) is 12.1 Å². The zero-order valence-corrected chi connectivity index (χ0v) is 8.78. The second-order valence-electron chi connectivity index (χ2n) is 2.77. The van der Waals surface area contributed by atoms with Gasteiger partial charge in [-0.15, -0.1) is 22.9 Å². The van der Waals surface area contributed by atoms with Gasteiger partial charge in [-0.3, -0.25) is 0 Å². The molecule has 1 aromatic carbocycles. The number of hydrogen-bond donors (Lipinski definition) is 0. The molecule has 0 aliphatic carbocycles. The predicted molar refractivity (Wildman–Crippen MR) is 57.1 cm³/mol. The van der Waals surface area contributed by atoms with Gasteiger partial charge in [0.15, 0.2) is 0 Å². The molecule has 0 aliphatic rings. The Morgan fingerprint density at radius 2 is 2.29 bits per heavy atom. The third-order valence-electron chi connectivity index (χ3n) is 1.79. The fourth-order valence-corrected chi connectivity index (χ4v) is 2.05. The van der Waals surface area contributed by atoms with E-state index in [9.17, 15) is 4.39 Å². The number of rotatable bonds is 2. The Morgan fingerprint density at radius 3 is 2.93 bits per heavy atom. The number of benzene rings is 1. The highest BCUT2D eigenvalue weighted by Crippen LogP contribution is 2.23. The Balaban J connectivity index is 2.39. The molecule has 1 aromatic heterocycles. The van der Waals surface area contributed by atoms with Crippen LogP contribution in [0.5, 0.6) is 0 Å². The van der Waals surface area contributed by atoms with Crippen molar-refractivity contribution >= 4 is 22.9 Å².